The topological polar surface area (TPSA) is 55.0 Å². The van der Waals surface area contributed by atoms with Gasteiger partial charge in [-0.3, -0.25) is 4.79 Å². The van der Waals surface area contributed by atoms with Crippen LogP contribution in [0.25, 0.3) is 11.4 Å². The molecule has 0 unspecified atom stereocenters. The van der Waals surface area contributed by atoms with E-state index in [4.69, 9.17) is 4.74 Å². The van der Waals surface area contributed by atoms with Gasteiger partial charge in [-0.2, -0.15) is 0 Å². The molecule has 0 fully saturated rings. The maximum Gasteiger partial charge on any atom is 0.264 e. The second-order valence-corrected chi connectivity index (χ2v) is 4.74. The van der Waals surface area contributed by atoms with Crippen molar-refractivity contribution in [3.8, 4) is 17.1 Å². The van der Waals surface area contributed by atoms with Crippen molar-refractivity contribution in [2.24, 2.45) is 0 Å². The van der Waals surface area contributed by atoms with Crippen LogP contribution in [-0.4, -0.2) is 17.1 Å². The van der Waals surface area contributed by atoms with Crippen LogP contribution in [0, 0.1) is 16.3 Å². The van der Waals surface area contributed by atoms with Gasteiger partial charge in [0.25, 0.3) is 5.56 Å². The number of halogens is 2. The summed E-state index contributed by atoms with van der Waals surface area (Å²) in [5, 5.41) is 0. The maximum atomic E-state index is 13.6. The molecule has 0 bridgehead atoms. The molecule has 2 rings (SSSR count). The van der Waals surface area contributed by atoms with Gasteiger partial charge in [-0.15, -0.1) is 0 Å². The van der Waals surface area contributed by atoms with E-state index in [1.807, 2.05) is 22.6 Å². The van der Waals surface area contributed by atoms with E-state index in [1.54, 1.807) is 13.0 Å². The minimum atomic E-state index is -0.492. The van der Waals surface area contributed by atoms with Crippen LogP contribution >= 0.6 is 22.6 Å². The number of hydrogen-bond acceptors (Lipinski definition) is 3. The van der Waals surface area contributed by atoms with Gasteiger partial charge in [-0.1, -0.05) is 0 Å². The zero-order valence-electron chi connectivity index (χ0n) is 9.75. The SMILES string of the molecule is COc1ccc(-c2nc(C)c(I)c(=O)[nH]2)cc1F. The van der Waals surface area contributed by atoms with E-state index in [1.165, 1.54) is 19.2 Å². The Hall–Kier alpha value is -1.44. The van der Waals surface area contributed by atoms with Crippen LogP contribution in [0.1, 0.15) is 5.69 Å². The van der Waals surface area contributed by atoms with E-state index < -0.39 is 5.82 Å². The maximum absolute atomic E-state index is 13.6. The molecule has 0 radical (unpaired) electrons. The smallest absolute Gasteiger partial charge is 0.264 e. The lowest BCUT2D eigenvalue weighted by molar-refractivity contribution is 0.386. The highest BCUT2D eigenvalue weighted by Gasteiger charge is 2.09. The first-order valence-corrected chi connectivity index (χ1v) is 6.21. The summed E-state index contributed by atoms with van der Waals surface area (Å²) < 4.78 is 18.9. The van der Waals surface area contributed by atoms with Gasteiger partial charge in [-0.25, -0.2) is 9.37 Å². The zero-order valence-corrected chi connectivity index (χ0v) is 11.9. The fourth-order valence-electron chi connectivity index (χ4n) is 1.52. The average Bonchev–Trinajstić information content (AvgIpc) is 2.35. The van der Waals surface area contributed by atoms with Crippen LogP contribution < -0.4 is 10.3 Å². The zero-order chi connectivity index (χ0) is 13.3. The average molecular weight is 360 g/mol. The number of aromatic amines is 1. The third kappa shape index (κ3) is 2.38. The first-order chi connectivity index (χ1) is 8.52. The lowest BCUT2D eigenvalue weighted by Crippen LogP contribution is -2.14. The van der Waals surface area contributed by atoms with Crippen LogP contribution in [0.2, 0.25) is 0 Å². The van der Waals surface area contributed by atoms with E-state index in [0.29, 0.717) is 20.7 Å². The summed E-state index contributed by atoms with van der Waals surface area (Å²) in [6, 6.07) is 4.42. The molecule has 0 aliphatic heterocycles. The summed E-state index contributed by atoms with van der Waals surface area (Å²) in [7, 11) is 1.40. The standard InChI is InChI=1S/C12H10FIN2O2/c1-6-10(14)12(17)16-11(15-6)7-3-4-9(18-2)8(13)5-7/h3-5H,1-2H3,(H,15,16,17). The Kier molecular flexibility index (Phi) is 3.65. The highest BCUT2D eigenvalue weighted by molar-refractivity contribution is 14.1. The van der Waals surface area contributed by atoms with Crippen LogP contribution in [0.5, 0.6) is 5.75 Å². The predicted molar refractivity (Wildman–Crippen MR) is 74.3 cm³/mol. The Morgan fingerprint density at radius 1 is 1.44 bits per heavy atom. The summed E-state index contributed by atoms with van der Waals surface area (Å²) >= 11 is 1.92. The first kappa shape index (κ1) is 13.0. The number of methoxy groups -OCH3 is 1. The lowest BCUT2D eigenvalue weighted by atomic mass is 10.2. The quantitative estimate of drug-likeness (QED) is 0.838. The van der Waals surface area contributed by atoms with Crippen LogP contribution in [0.3, 0.4) is 0 Å². The number of rotatable bonds is 2. The number of ether oxygens (including phenoxy) is 1. The van der Waals surface area contributed by atoms with E-state index in [-0.39, 0.29) is 11.3 Å². The molecule has 0 amide bonds. The Morgan fingerprint density at radius 2 is 2.17 bits per heavy atom. The summed E-state index contributed by atoms with van der Waals surface area (Å²) in [6.07, 6.45) is 0. The van der Waals surface area contributed by atoms with Crippen molar-refractivity contribution in [3.05, 3.63) is 43.6 Å². The molecule has 1 heterocycles. The van der Waals surface area contributed by atoms with Crippen LogP contribution in [0.15, 0.2) is 23.0 Å². The normalized spacial score (nSPS) is 10.4. The van der Waals surface area contributed by atoms with Crippen molar-refractivity contribution in [1.29, 1.82) is 0 Å². The van der Waals surface area contributed by atoms with Gasteiger partial charge in [0.05, 0.1) is 16.4 Å². The Morgan fingerprint density at radius 3 is 2.72 bits per heavy atom. The largest absolute Gasteiger partial charge is 0.494 e. The molecule has 2 aromatic rings. The van der Waals surface area contributed by atoms with Crippen molar-refractivity contribution in [2.45, 2.75) is 6.92 Å². The van der Waals surface area contributed by atoms with Gasteiger partial charge in [0, 0.05) is 5.56 Å². The molecular weight excluding hydrogens is 350 g/mol. The molecule has 1 aromatic heterocycles. The van der Waals surface area contributed by atoms with Gasteiger partial charge in [0.15, 0.2) is 11.6 Å². The van der Waals surface area contributed by atoms with E-state index in [9.17, 15) is 9.18 Å². The van der Waals surface area contributed by atoms with Crippen molar-refractivity contribution in [3.63, 3.8) is 0 Å². The van der Waals surface area contributed by atoms with Crippen LogP contribution in [0.4, 0.5) is 4.39 Å². The lowest BCUT2D eigenvalue weighted by Gasteiger charge is -2.06. The van der Waals surface area contributed by atoms with Gasteiger partial charge in [-0.05, 0) is 47.7 Å². The number of aromatic nitrogens is 2. The van der Waals surface area contributed by atoms with E-state index in [0.717, 1.165) is 0 Å². The molecule has 18 heavy (non-hydrogen) atoms. The molecule has 4 nitrogen and oxygen atoms in total. The van der Waals surface area contributed by atoms with Gasteiger partial charge in [0.2, 0.25) is 0 Å². The fourth-order valence-corrected chi connectivity index (χ4v) is 1.78. The molecule has 0 saturated carbocycles. The monoisotopic (exact) mass is 360 g/mol. The molecule has 1 N–H and O–H groups in total. The molecule has 0 atom stereocenters. The Balaban J connectivity index is 2.56. The second-order valence-electron chi connectivity index (χ2n) is 3.66. The number of H-pyrrole nitrogens is 1. The summed E-state index contributed by atoms with van der Waals surface area (Å²) in [5.41, 5.74) is 0.893. The highest BCUT2D eigenvalue weighted by atomic mass is 127. The molecule has 0 aliphatic rings. The molecule has 0 spiro atoms. The molecule has 94 valence electrons. The second kappa shape index (κ2) is 5.05. The Bertz CT molecular complexity index is 655. The molecular formula is C12H10FIN2O2. The van der Waals surface area contributed by atoms with Crippen LogP contribution in [-0.2, 0) is 0 Å². The van der Waals surface area contributed by atoms with Crippen molar-refractivity contribution < 1.29 is 9.13 Å². The van der Waals surface area contributed by atoms with Crippen molar-refractivity contribution in [1.82, 2.24) is 9.97 Å². The number of hydrogen-bond donors (Lipinski definition) is 1. The minimum Gasteiger partial charge on any atom is -0.494 e. The molecule has 6 heteroatoms. The predicted octanol–water partition coefficient (Wildman–Crippen LogP) is 2.50. The Labute approximate surface area is 116 Å². The van der Waals surface area contributed by atoms with Gasteiger partial charge < -0.3 is 9.72 Å². The molecule has 0 saturated heterocycles. The number of aryl methyl sites for hydroxylation is 1. The number of nitrogens with one attached hydrogen (secondary N) is 1. The third-order valence-corrected chi connectivity index (χ3v) is 3.72. The first-order valence-electron chi connectivity index (χ1n) is 5.13. The van der Waals surface area contributed by atoms with Gasteiger partial charge >= 0.3 is 0 Å². The van der Waals surface area contributed by atoms with Gasteiger partial charge in [0.1, 0.15) is 5.82 Å². The van der Waals surface area contributed by atoms with E-state index >= 15 is 0 Å². The van der Waals surface area contributed by atoms with Crippen molar-refractivity contribution in [2.75, 3.05) is 7.11 Å². The van der Waals surface area contributed by atoms with E-state index in [2.05, 4.69) is 9.97 Å². The fraction of sp³-hybridized carbons (Fsp3) is 0.167. The summed E-state index contributed by atoms with van der Waals surface area (Å²) in [6.45, 7) is 1.74. The summed E-state index contributed by atoms with van der Waals surface area (Å²) in [4.78, 5) is 18.5. The van der Waals surface area contributed by atoms with Crippen molar-refractivity contribution >= 4 is 22.6 Å². The summed E-state index contributed by atoms with van der Waals surface area (Å²) in [5.74, 6) is 0.0108. The molecule has 1 aromatic carbocycles. The highest BCUT2D eigenvalue weighted by Crippen LogP contribution is 2.23. The number of benzene rings is 1. The molecule has 0 aliphatic carbocycles. The minimum absolute atomic E-state index is 0.156. The third-order valence-electron chi connectivity index (χ3n) is 2.45. The number of nitrogens with zero attached hydrogens (tertiary/aromatic N) is 1.